The summed E-state index contributed by atoms with van der Waals surface area (Å²) in [4.78, 5) is 10.4. The highest BCUT2D eigenvalue weighted by Gasteiger charge is 2.28. The number of halogens is 1. The highest BCUT2D eigenvalue weighted by molar-refractivity contribution is 6.28. The fraction of sp³-hybridized carbons (Fsp3) is 0.667. The summed E-state index contributed by atoms with van der Waals surface area (Å²) in [5.74, 6) is 1.27. The maximum absolute atomic E-state index is 6.04. The smallest absolute Gasteiger partial charge is 0.224 e. The van der Waals surface area contributed by atoms with Crippen LogP contribution in [0.1, 0.15) is 19.0 Å². The molecule has 0 spiro atoms. The van der Waals surface area contributed by atoms with Crippen molar-refractivity contribution in [3.8, 4) is 0 Å². The van der Waals surface area contributed by atoms with Crippen LogP contribution in [0.4, 0.5) is 11.5 Å². The van der Waals surface area contributed by atoms with Crippen LogP contribution in [-0.2, 0) is 4.74 Å². The molecule has 2 atom stereocenters. The van der Waals surface area contributed by atoms with Crippen molar-refractivity contribution in [2.75, 3.05) is 30.8 Å². The van der Waals surface area contributed by atoms with Gasteiger partial charge in [-0.25, -0.2) is 4.98 Å². The van der Waals surface area contributed by atoms with Crippen molar-refractivity contribution in [1.82, 2.24) is 9.97 Å². The Kier molecular flexibility index (Phi) is 3.92. The van der Waals surface area contributed by atoms with Gasteiger partial charge in [0.1, 0.15) is 0 Å². The molecule has 2 N–H and O–H groups in total. The fourth-order valence-electron chi connectivity index (χ4n) is 2.31. The van der Waals surface area contributed by atoms with E-state index in [0.717, 1.165) is 31.0 Å². The number of hydrogen-bond acceptors (Lipinski definition) is 5. The zero-order valence-corrected chi connectivity index (χ0v) is 11.7. The van der Waals surface area contributed by atoms with Gasteiger partial charge in [0.05, 0.1) is 17.5 Å². The zero-order valence-electron chi connectivity index (χ0n) is 11.0. The van der Waals surface area contributed by atoms with Crippen molar-refractivity contribution in [1.29, 1.82) is 0 Å². The minimum absolute atomic E-state index is 0.201. The number of nitrogen functional groups attached to an aromatic ring is 1. The highest BCUT2D eigenvalue weighted by atomic mass is 35.5. The molecule has 18 heavy (non-hydrogen) atoms. The minimum atomic E-state index is 0.201. The van der Waals surface area contributed by atoms with E-state index >= 15 is 0 Å². The van der Waals surface area contributed by atoms with Gasteiger partial charge in [0.15, 0.2) is 5.82 Å². The Morgan fingerprint density at radius 2 is 2.17 bits per heavy atom. The van der Waals surface area contributed by atoms with Crippen LogP contribution < -0.4 is 10.6 Å². The van der Waals surface area contributed by atoms with Gasteiger partial charge in [0, 0.05) is 20.2 Å². The van der Waals surface area contributed by atoms with Gasteiger partial charge in [-0.15, -0.1) is 0 Å². The molecule has 2 rings (SSSR count). The maximum atomic E-state index is 6.04. The molecule has 0 bridgehead atoms. The molecule has 1 saturated heterocycles. The molecule has 1 fully saturated rings. The van der Waals surface area contributed by atoms with Crippen LogP contribution in [0, 0.1) is 12.8 Å². The van der Waals surface area contributed by atoms with Crippen molar-refractivity contribution < 1.29 is 4.74 Å². The van der Waals surface area contributed by atoms with Crippen molar-refractivity contribution >= 4 is 23.1 Å². The summed E-state index contributed by atoms with van der Waals surface area (Å²) in [6, 6.07) is 0. The first-order valence-corrected chi connectivity index (χ1v) is 6.48. The molecular formula is C12H19ClN4O. The first kappa shape index (κ1) is 13.4. The van der Waals surface area contributed by atoms with Gasteiger partial charge in [-0.2, -0.15) is 4.98 Å². The first-order chi connectivity index (χ1) is 8.52. The number of hydrogen-bond donors (Lipinski definition) is 1. The number of aryl methyl sites for hydroxylation is 1. The summed E-state index contributed by atoms with van der Waals surface area (Å²) < 4.78 is 5.50. The number of nitrogens with two attached hydrogens (primary N) is 1. The number of rotatable bonds is 2. The lowest BCUT2D eigenvalue weighted by Crippen LogP contribution is -2.44. The van der Waals surface area contributed by atoms with Crippen molar-refractivity contribution in [2.45, 2.75) is 26.4 Å². The van der Waals surface area contributed by atoms with E-state index in [1.54, 1.807) is 7.11 Å². The normalized spacial score (nSPS) is 24.3. The number of nitrogens with zero attached hydrogens (tertiary/aromatic N) is 3. The average molecular weight is 271 g/mol. The number of piperidine rings is 1. The van der Waals surface area contributed by atoms with Gasteiger partial charge in [0.2, 0.25) is 5.28 Å². The minimum Gasteiger partial charge on any atom is -0.394 e. The Bertz CT molecular complexity index is 440. The van der Waals surface area contributed by atoms with E-state index in [1.807, 2.05) is 6.92 Å². The molecule has 2 heterocycles. The van der Waals surface area contributed by atoms with Gasteiger partial charge in [-0.1, -0.05) is 6.92 Å². The number of aromatic nitrogens is 2. The SMILES string of the molecule is COC1CN(c2nc(Cl)nc(C)c2N)CCC1C. The number of ether oxygens (including phenoxy) is 1. The Morgan fingerprint density at radius 3 is 2.83 bits per heavy atom. The number of anilines is 2. The Morgan fingerprint density at radius 1 is 1.44 bits per heavy atom. The fourth-order valence-corrected chi connectivity index (χ4v) is 2.51. The monoisotopic (exact) mass is 270 g/mol. The maximum Gasteiger partial charge on any atom is 0.224 e. The molecule has 1 aromatic rings. The third-order valence-corrected chi connectivity index (χ3v) is 3.75. The summed E-state index contributed by atoms with van der Waals surface area (Å²) in [7, 11) is 1.74. The van der Waals surface area contributed by atoms with E-state index in [0.29, 0.717) is 11.6 Å². The van der Waals surface area contributed by atoms with Gasteiger partial charge in [-0.05, 0) is 30.9 Å². The van der Waals surface area contributed by atoms with E-state index in [1.165, 1.54) is 0 Å². The van der Waals surface area contributed by atoms with E-state index in [9.17, 15) is 0 Å². The van der Waals surface area contributed by atoms with Gasteiger partial charge in [0.25, 0.3) is 0 Å². The molecule has 1 aliphatic rings. The van der Waals surface area contributed by atoms with Crippen LogP contribution in [0.2, 0.25) is 5.28 Å². The van der Waals surface area contributed by atoms with E-state index < -0.39 is 0 Å². The second-order valence-corrected chi connectivity index (χ2v) is 5.14. The molecule has 0 saturated carbocycles. The third-order valence-electron chi connectivity index (χ3n) is 3.58. The molecule has 0 aromatic carbocycles. The summed E-state index contributed by atoms with van der Waals surface area (Å²) >= 11 is 5.90. The summed E-state index contributed by atoms with van der Waals surface area (Å²) in [6.07, 6.45) is 1.26. The average Bonchev–Trinajstić information content (AvgIpc) is 2.34. The Labute approximate surface area is 112 Å². The van der Waals surface area contributed by atoms with Crippen molar-refractivity contribution in [3.63, 3.8) is 0 Å². The molecule has 1 aliphatic heterocycles. The molecule has 0 amide bonds. The van der Waals surface area contributed by atoms with Gasteiger partial charge in [-0.3, -0.25) is 0 Å². The summed E-state index contributed by atoms with van der Waals surface area (Å²) in [5, 5.41) is 0.240. The van der Waals surface area contributed by atoms with Crippen LogP contribution in [0.25, 0.3) is 0 Å². The van der Waals surface area contributed by atoms with Crippen LogP contribution in [0.15, 0.2) is 0 Å². The first-order valence-electron chi connectivity index (χ1n) is 6.10. The topological polar surface area (TPSA) is 64.3 Å². The lowest BCUT2D eigenvalue weighted by molar-refractivity contribution is 0.0497. The Balaban J connectivity index is 2.27. The van der Waals surface area contributed by atoms with Crippen LogP contribution >= 0.6 is 11.6 Å². The molecule has 2 unspecified atom stereocenters. The molecule has 100 valence electrons. The largest absolute Gasteiger partial charge is 0.394 e. The quantitative estimate of drug-likeness (QED) is 0.832. The highest BCUT2D eigenvalue weighted by Crippen LogP contribution is 2.29. The molecule has 6 heteroatoms. The van der Waals surface area contributed by atoms with E-state index in [2.05, 4.69) is 21.8 Å². The molecule has 1 aromatic heterocycles. The lowest BCUT2D eigenvalue weighted by Gasteiger charge is -2.37. The molecular weight excluding hydrogens is 252 g/mol. The summed E-state index contributed by atoms with van der Waals surface area (Å²) in [6.45, 7) is 5.74. The van der Waals surface area contributed by atoms with Crippen LogP contribution in [-0.4, -0.2) is 36.3 Å². The predicted octanol–water partition coefficient (Wildman–Crippen LogP) is 1.88. The third kappa shape index (κ3) is 2.52. The second-order valence-electron chi connectivity index (χ2n) is 4.80. The molecule has 5 nitrogen and oxygen atoms in total. The van der Waals surface area contributed by atoms with E-state index in [4.69, 9.17) is 22.1 Å². The van der Waals surface area contributed by atoms with Crippen molar-refractivity contribution in [2.24, 2.45) is 5.92 Å². The Hall–Kier alpha value is -1.07. The predicted molar refractivity (Wildman–Crippen MR) is 73.0 cm³/mol. The van der Waals surface area contributed by atoms with Crippen molar-refractivity contribution in [3.05, 3.63) is 11.0 Å². The number of methoxy groups -OCH3 is 1. The summed E-state index contributed by atoms with van der Waals surface area (Å²) in [5.41, 5.74) is 7.36. The van der Waals surface area contributed by atoms with Crippen LogP contribution in [0.3, 0.4) is 0 Å². The lowest BCUT2D eigenvalue weighted by atomic mass is 9.96. The van der Waals surface area contributed by atoms with Gasteiger partial charge >= 0.3 is 0 Å². The molecule has 0 aliphatic carbocycles. The zero-order chi connectivity index (χ0) is 13.3. The second kappa shape index (κ2) is 5.28. The van der Waals surface area contributed by atoms with E-state index in [-0.39, 0.29) is 11.4 Å². The molecule has 0 radical (unpaired) electrons. The van der Waals surface area contributed by atoms with Gasteiger partial charge < -0.3 is 15.4 Å². The van der Waals surface area contributed by atoms with Crippen LogP contribution in [0.5, 0.6) is 0 Å². The standard InChI is InChI=1S/C12H19ClN4O/c1-7-4-5-17(6-9(7)18-3)11-10(14)8(2)15-12(13)16-11/h7,9H,4-6,14H2,1-3H3.